The van der Waals surface area contributed by atoms with Crippen LogP contribution in [0.3, 0.4) is 0 Å². The van der Waals surface area contributed by atoms with Gasteiger partial charge in [0.1, 0.15) is 11.6 Å². The number of para-hydroxylation sites is 1. The summed E-state index contributed by atoms with van der Waals surface area (Å²) in [5, 5.41) is 0. The van der Waals surface area contributed by atoms with Crippen molar-refractivity contribution < 1.29 is 23.5 Å². The minimum Gasteiger partial charge on any atom is -0.493 e. The molecule has 2 aliphatic heterocycles. The highest BCUT2D eigenvalue weighted by Crippen LogP contribution is 2.45. The molecule has 2 aromatic carbocycles. The third-order valence-electron chi connectivity index (χ3n) is 8.38. The summed E-state index contributed by atoms with van der Waals surface area (Å²) >= 11 is 0. The van der Waals surface area contributed by atoms with Gasteiger partial charge in [-0.25, -0.2) is 4.39 Å². The minimum absolute atomic E-state index is 0.00212. The molecule has 198 valence electrons. The Morgan fingerprint density at radius 2 is 1.57 bits per heavy atom. The molecule has 1 atom stereocenters. The van der Waals surface area contributed by atoms with Crippen LogP contribution in [0.15, 0.2) is 54.6 Å². The molecule has 0 radical (unpaired) electrons. The van der Waals surface area contributed by atoms with E-state index in [0.29, 0.717) is 70.8 Å². The van der Waals surface area contributed by atoms with Crippen LogP contribution < -0.4 is 4.74 Å². The maximum absolute atomic E-state index is 15.0. The molecule has 1 saturated carbocycles. The van der Waals surface area contributed by atoms with Gasteiger partial charge in [-0.05, 0) is 43.9 Å². The number of rotatable bonds is 7. The van der Waals surface area contributed by atoms with Crippen molar-refractivity contribution >= 4 is 11.8 Å². The van der Waals surface area contributed by atoms with Gasteiger partial charge in [0, 0.05) is 43.6 Å². The Labute approximate surface area is 218 Å². The Bertz CT molecular complexity index is 1080. The number of hydrogen-bond donors (Lipinski definition) is 0. The summed E-state index contributed by atoms with van der Waals surface area (Å²) in [6.45, 7) is 3.69. The fraction of sp³-hybridized carbons (Fsp3) is 0.533. The lowest BCUT2D eigenvalue weighted by atomic mass is 9.73. The molecular weight excluding hydrogens is 471 g/mol. The van der Waals surface area contributed by atoms with Gasteiger partial charge in [-0.2, -0.15) is 0 Å². The Morgan fingerprint density at radius 1 is 0.865 bits per heavy atom. The van der Waals surface area contributed by atoms with E-state index in [1.165, 1.54) is 6.07 Å². The van der Waals surface area contributed by atoms with Crippen LogP contribution in [0.1, 0.15) is 50.5 Å². The molecule has 2 amide bonds. The molecule has 0 spiro atoms. The minimum atomic E-state index is -0.830. The normalized spacial score (nSPS) is 23.6. The molecule has 3 fully saturated rings. The van der Waals surface area contributed by atoms with Gasteiger partial charge < -0.3 is 19.3 Å². The van der Waals surface area contributed by atoms with Crippen LogP contribution >= 0.6 is 0 Å². The predicted molar refractivity (Wildman–Crippen MR) is 139 cm³/mol. The van der Waals surface area contributed by atoms with E-state index in [2.05, 4.69) is 0 Å². The number of amides is 2. The first-order valence-corrected chi connectivity index (χ1v) is 13.6. The van der Waals surface area contributed by atoms with E-state index in [0.717, 1.165) is 31.4 Å². The van der Waals surface area contributed by atoms with Gasteiger partial charge in [-0.15, -0.1) is 0 Å². The average Bonchev–Trinajstić information content (AvgIpc) is 3.44. The molecule has 2 aromatic rings. The van der Waals surface area contributed by atoms with Crippen LogP contribution in [0, 0.1) is 11.2 Å². The smallest absolute Gasteiger partial charge is 0.233 e. The topological polar surface area (TPSA) is 59.1 Å². The lowest BCUT2D eigenvalue weighted by Gasteiger charge is -2.46. The second-order valence-electron chi connectivity index (χ2n) is 10.9. The van der Waals surface area contributed by atoms with Gasteiger partial charge in [0.05, 0.1) is 25.2 Å². The van der Waals surface area contributed by atoms with Crippen molar-refractivity contribution in [2.24, 2.45) is 5.41 Å². The average molecular weight is 509 g/mol. The lowest BCUT2D eigenvalue weighted by Crippen LogP contribution is -2.55. The van der Waals surface area contributed by atoms with E-state index >= 15 is 4.39 Å². The van der Waals surface area contributed by atoms with Crippen LogP contribution in [0.4, 0.5) is 4.39 Å². The molecule has 5 rings (SSSR count). The van der Waals surface area contributed by atoms with E-state index in [1.54, 1.807) is 12.1 Å². The monoisotopic (exact) mass is 508 g/mol. The van der Waals surface area contributed by atoms with E-state index < -0.39 is 10.8 Å². The molecule has 37 heavy (non-hydrogen) atoms. The molecule has 3 aliphatic rings. The van der Waals surface area contributed by atoms with Gasteiger partial charge in [-0.3, -0.25) is 9.59 Å². The van der Waals surface area contributed by atoms with Crippen molar-refractivity contribution in [3.63, 3.8) is 0 Å². The van der Waals surface area contributed by atoms with Crippen molar-refractivity contribution in [2.75, 3.05) is 46.0 Å². The van der Waals surface area contributed by atoms with Crippen LogP contribution in [-0.4, -0.2) is 67.6 Å². The highest BCUT2D eigenvalue weighted by atomic mass is 19.1. The molecule has 7 heteroatoms. The Morgan fingerprint density at radius 3 is 2.30 bits per heavy atom. The highest BCUT2D eigenvalue weighted by molar-refractivity contribution is 5.89. The number of nitrogens with zero attached hydrogens (tertiary/aromatic N) is 2. The van der Waals surface area contributed by atoms with Gasteiger partial charge in [0.25, 0.3) is 0 Å². The number of carbonyl (C=O) groups is 2. The zero-order valence-electron chi connectivity index (χ0n) is 21.5. The molecule has 2 heterocycles. The third kappa shape index (κ3) is 5.52. The number of morpholine rings is 1. The first-order valence-electron chi connectivity index (χ1n) is 13.6. The summed E-state index contributed by atoms with van der Waals surface area (Å²) in [7, 11) is 0. The third-order valence-corrected chi connectivity index (χ3v) is 8.38. The second kappa shape index (κ2) is 11.2. The Kier molecular flexibility index (Phi) is 7.79. The van der Waals surface area contributed by atoms with Gasteiger partial charge in [-0.1, -0.05) is 49.2 Å². The van der Waals surface area contributed by atoms with Crippen molar-refractivity contribution in [2.45, 2.75) is 50.4 Å². The molecule has 0 aromatic heterocycles. The summed E-state index contributed by atoms with van der Waals surface area (Å²) in [6.07, 6.45) is 5.03. The van der Waals surface area contributed by atoms with Gasteiger partial charge in [0.2, 0.25) is 11.8 Å². The van der Waals surface area contributed by atoms with E-state index in [4.69, 9.17) is 9.47 Å². The van der Waals surface area contributed by atoms with Crippen molar-refractivity contribution in [3.8, 4) is 5.75 Å². The number of benzene rings is 2. The summed E-state index contributed by atoms with van der Waals surface area (Å²) in [5.41, 5.74) is -0.824. The number of likely N-dealkylation sites (tertiary alicyclic amines) is 1. The summed E-state index contributed by atoms with van der Waals surface area (Å²) in [6, 6.07) is 16.3. The summed E-state index contributed by atoms with van der Waals surface area (Å²) in [4.78, 5) is 31.4. The quantitative estimate of drug-likeness (QED) is 0.550. The van der Waals surface area contributed by atoms with E-state index in [-0.39, 0.29) is 17.6 Å². The number of piperidine rings is 1. The highest BCUT2D eigenvalue weighted by Gasteiger charge is 2.49. The zero-order chi connectivity index (χ0) is 25.7. The summed E-state index contributed by atoms with van der Waals surface area (Å²) < 4.78 is 26.7. The molecule has 2 saturated heterocycles. The lowest BCUT2D eigenvalue weighted by molar-refractivity contribution is -0.147. The molecule has 0 bridgehead atoms. The fourth-order valence-electron chi connectivity index (χ4n) is 6.42. The zero-order valence-corrected chi connectivity index (χ0v) is 21.5. The molecule has 0 unspecified atom stereocenters. The van der Waals surface area contributed by atoms with E-state index in [9.17, 15) is 9.59 Å². The standard InChI is InChI=1S/C30H37FN2O4/c31-26-12-5-4-11-25(26)30(14-6-7-15-30)28(35)33-16-8-13-29(22-33,23-37-24-9-2-1-3-10-24)21-27(34)32-17-19-36-20-18-32/h1-5,9-12H,6-8,13-23H2/t29-/m1/s1. The van der Waals surface area contributed by atoms with Crippen LogP contribution in [0.2, 0.25) is 0 Å². The van der Waals surface area contributed by atoms with Gasteiger partial charge in [0.15, 0.2) is 0 Å². The number of ether oxygens (including phenoxy) is 2. The van der Waals surface area contributed by atoms with Crippen LogP contribution in [0.25, 0.3) is 0 Å². The molecule has 6 nitrogen and oxygen atoms in total. The Hall–Kier alpha value is -2.93. The predicted octanol–water partition coefficient (Wildman–Crippen LogP) is 4.57. The van der Waals surface area contributed by atoms with Crippen LogP contribution in [-0.2, 0) is 19.7 Å². The van der Waals surface area contributed by atoms with Crippen molar-refractivity contribution in [3.05, 3.63) is 66.0 Å². The maximum Gasteiger partial charge on any atom is 0.233 e. The van der Waals surface area contributed by atoms with Crippen molar-refractivity contribution in [1.82, 2.24) is 9.80 Å². The fourth-order valence-corrected chi connectivity index (χ4v) is 6.42. The van der Waals surface area contributed by atoms with Gasteiger partial charge >= 0.3 is 0 Å². The SMILES string of the molecule is O=C(C[C@]1(COc2ccccc2)CCCN(C(=O)C2(c3ccccc3F)CCCC2)C1)N1CCOCC1. The summed E-state index contributed by atoms with van der Waals surface area (Å²) in [5.74, 6) is 0.523. The first kappa shape index (κ1) is 25.7. The number of carbonyl (C=O) groups excluding carboxylic acids is 2. The largest absolute Gasteiger partial charge is 0.493 e. The maximum atomic E-state index is 15.0. The number of hydrogen-bond acceptors (Lipinski definition) is 4. The first-order chi connectivity index (χ1) is 18.0. The second-order valence-corrected chi connectivity index (χ2v) is 10.9. The molecule has 1 aliphatic carbocycles. The Balaban J connectivity index is 1.40. The van der Waals surface area contributed by atoms with E-state index in [1.807, 2.05) is 46.2 Å². The molecular formula is C30H37FN2O4. The van der Waals surface area contributed by atoms with Crippen molar-refractivity contribution in [1.29, 1.82) is 0 Å². The van der Waals surface area contributed by atoms with Crippen LogP contribution in [0.5, 0.6) is 5.75 Å². The number of halogens is 1. The molecule has 0 N–H and O–H groups in total.